The van der Waals surface area contributed by atoms with Crippen LogP contribution in [-0.2, 0) is 11.3 Å². The van der Waals surface area contributed by atoms with Gasteiger partial charge >= 0.3 is 5.97 Å². The average molecular weight is 248 g/mol. The first kappa shape index (κ1) is 13.1. The predicted octanol–water partition coefficient (Wildman–Crippen LogP) is 1.76. The van der Waals surface area contributed by atoms with Crippen LogP contribution in [0.5, 0.6) is 0 Å². The molecule has 0 aliphatic carbocycles. The molecule has 1 unspecified atom stereocenters. The normalized spacial score (nSPS) is 18.5. The summed E-state index contributed by atoms with van der Waals surface area (Å²) in [5.74, 6) is -0.981. The summed E-state index contributed by atoms with van der Waals surface area (Å²) in [6.45, 7) is 3.16. The number of hydrogen-bond acceptors (Lipinski definition) is 3. The van der Waals surface area contributed by atoms with E-state index in [1.54, 1.807) is 6.07 Å². The number of benzene rings is 1. The van der Waals surface area contributed by atoms with Crippen LogP contribution >= 0.6 is 0 Å². The molecule has 98 valence electrons. The predicted molar refractivity (Wildman–Crippen MR) is 70.1 cm³/mol. The molecule has 4 heteroatoms. The van der Waals surface area contributed by atoms with Crippen molar-refractivity contribution in [1.29, 1.82) is 0 Å². The fourth-order valence-electron chi connectivity index (χ4n) is 2.40. The highest BCUT2D eigenvalue weighted by Gasteiger charge is 2.15. The van der Waals surface area contributed by atoms with Gasteiger partial charge < -0.3 is 10.8 Å². The number of carbonyl (C=O) groups is 1. The van der Waals surface area contributed by atoms with Crippen LogP contribution < -0.4 is 5.73 Å². The van der Waals surface area contributed by atoms with Crippen molar-refractivity contribution >= 4 is 5.97 Å². The Morgan fingerprint density at radius 2 is 2.06 bits per heavy atom. The van der Waals surface area contributed by atoms with E-state index in [4.69, 9.17) is 10.8 Å². The number of aliphatic carboxylic acids is 1. The second kappa shape index (κ2) is 5.98. The Hall–Kier alpha value is -1.39. The van der Waals surface area contributed by atoms with E-state index in [2.05, 4.69) is 4.90 Å². The fraction of sp³-hybridized carbons (Fsp3) is 0.500. The average Bonchev–Trinajstić information content (AvgIpc) is 2.39. The molecule has 0 amide bonds. The molecule has 0 bridgehead atoms. The van der Waals surface area contributed by atoms with E-state index in [1.165, 1.54) is 19.3 Å². The lowest BCUT2D eigenvalue weighted by molar-refractivity contribution is -0.138. The number of rotatable bonds is 4. The van der Waals surface area contributed by atoms with Crippen molar-refractivity contribution in [2.24, 2.45) is 5.73 Å². The van der Waals surface area contributed by atoms with Gasteiger partial charge in [0.15, 0.2) is 0 Å². The van der Waals surface area contributed by atoms with Crippen LogP contribution in [0.1, 0.15) is 36.4 Å². The van der Waals surface area contributed by atoms with E-state index in [0.29, 0.717) is 5.56 Å². The maximum absolute atomic E-state index is 10.9. The zero-order valence-electron chi connectivity index (χ0n) is 10.5. The second-order valence-electron chi connectivity index (χ2n) is 4.90. The molecule has 1 aliphatic heterocycles. The highest BCUT2D eigenvalue weighted by Crippen LogP contribution is 2.16. The maximum atomic E-state index is 10.9. The van der Waals surface area contributed by atoms with Crippen LogP contribution in [0.3, 0.4) is 0 Å². The quantitative estimate of drug-likeness (QED) is 0.852. The number of carboxylic acids is 1. The molecule has 0 spiro atoms. The maximum Gasteiger partial charge on any atom is 0.325 e. The molecule has 4 nitrogen and oxygen atoms in total. The standard InChI is InChI=1S/C14H20N2O2/c15-13(14(17)18)12-6-4-5-11(9-12)10-16-7-2-1-3-8-16/h4-6,9,13H,1-3,7-8,10,15H2,(H,17,18). The Morgan fingerprint density at radius 1 is 1.33 bits per heavy atom. The van der Waals surface area contributed by atoms with Crippen LogP contribution in [0.2, 0.25) is 0 Å². The van der Waals surface area contributed by atoms with Crippen molar-refractivity contribution in [3.63, 3.8) is 0 Å². The Bertz CT molecular complexity index is 414. The van der Waals surface area contributed by atoms with Crippen molar-refractivity contribution in [2.75, 3.05) is 13.1 Å². The Labute approximate surface area is 107 Å². The highest BCUT2D eigenvalue weighted by molar-refractivity contribution is 5.75. The molecule has 1 saturated heterocycles. The van der Waals surface area contributed by atoms with Crippen LogP contribution in [0.25, 0.3) is 0 Å². The van der Waals surface area contributed by atoms with Gasteiger partial charge in [-0.3, -0.25) is 9.69 Å². The molecule has 1 atom stereocenters. The van der Waals surface area contributed by atoms with Crippen molar-refractivity contribution < 1.29 is 9.90 Å². The summed E-state index contributed by atoms with van der Waals surface area (Å²) in [5.41, 5.74) is 7.45. The highest BCUT2D eigenvalue weighted by atomic mass is 16.4. The van der Waals surface area contributed by atoms with Gasteiger partial charge in [-0.2, -0.15) is 0 Å². The van der Waals surface area contributed by atoms with Crippen molar-refractivity contribution in [1.82, 2.24) is 4.90 Å². The smallest absolute Gasteiger partial charge is 0.325 e. The fourth-order valence-corrected chi connectivity index (χ4v) is 2.40. The molecular formula is C14H20N2O2. The van der Waals surface area contributed by atoms with E-state index in [9.17, 15) is 4.79 Å². The molecule has 1 aromatic carbocycles. The van der Waals surface area contributed by atoms with E-state index in [0.717, 1.165) is 25.2 Å². The summed E-state index contributed by atoms with van der Waals surface area (Å²) in [7, 11) is 0. The van der Waals surface area contributed by atoms with Gasteiger partial charge in [0.25, 0.3) is 0 Å². The number of likely N-dealkylation sites (tertiary alicyclic amines) is 1. The molecule has 3 N–H and O–H groups in total. The monoisotopic (exact) mass is 248 g/mol. The molecule has 0 radical (unpaired) electrons. The largest absolute Gasteiger partial charge is 0.480 e. The molecule has 0 saturated carbocycles. The van der Waals surface area contributed by atoms with Gasteiger partial charge in [0.05, 0.1) is 0 Å². The summed E-state index contributed by atoms with van der Waals surface area (Å²) in [6, 6.07) is 6.68. The third-order valence-electron chi connectivity index (χ3n) is 3.43. The molecular weight excluding hydrogens is 228 g/mol. The van der Waals surface area contributed by atoms with Crippen molar-refractivity contribution in [2.45, 2.75) is 31.8 Å². The number of piperidine rings is 1. The Kier molecular flexibility index (Phi) is 4.33. The zero-order chi connectivity index (χ0) is 13.0. The van der Waals surface area contributed by atoms with Gasteiger partial charge in [0.2, 0.25) is 0 Å². The number of hydrogen-bond donors (Lipinski definition) is 2. The summed E-state index contributed by atoms with van der Waals surface area (Å²) in [6.07, 6.45) is 3.84. The summed E-state index contributed by atoms with van der Waals surface area (Å²) in [5, 5.41) is 8.91. The van der Waals surface area contributed by atoms with E-state index >= 15 is 0 Å². The Balaban J connectivity index is 2.04. The van der Waals surface area contributed by atoms with Crippen LogP contribution in [0.15, 0.2) is 24.3 Å². The topological polar surface area (TPSA) is 66.6 Å². The van der Waals surface area contributed by atoms with Gasteiger partial charge in [-0.15, -0.1) is 0 Å². The zero-order valence-corrected chi connectivity index (χ0v) is 10.5. The van der Waals surface area contributed by atoms with Gasteiger partial charge in [-0.25, -0.2) is 0 Å². The van der Waals surface area contributed by atoms with Crippen molar-refractivity contribution in [3.05, 3.63) is 35.4 Å². The van der Waals surface area contributed by atoms with Gasteiger partial charge in [0.1, 0.15) is 6.04 Å². The molecule has 1 heterocycles. The molecule has 1 aromatic rings. The minimum atomic E-state index is -0.981. The minimum Gasteiger partial charge on any atom is -0.480 e. The van der Waals surface area contributed by atoms with Gasteiger partial charge in [-0.1, -0.05) is 30.7 Å². The third kappa shape index (κ3) is 3.31. The first-order chi connectivity index (χ1) is 8.66. The summed E-state index contributed by atoms with van der Waals surface area (Å²) < 4.78 is 0. The molecule has 1 fully saturated rings. The molecule has 1 aliphatic rings. The minimum absolute atomic E-state index is 0.678. The Morgan fingerprint density at radius 3 is 2.72 bits per heavy atom. The lowest BCUT2D eigenvalue weighted by Gasteiger charge is -2.26. The van der Waals surface area contributed by atoms with E-state index in [1.807, 2.05) is 18.2 Å². The lowest BCUT2D eigenvalue weighted by atomic mass is 10.0. The first-order valence-corrected chi connectivity index (χ1v) is 6.46. The second-order valence-corrected chi connectivity index (χ2v) is 4.90. The van der Waals surface area contributed by atoms with Crippen molar-refractivity contribution in [3.8, 4) is 0 Å². The number of nitrogens with zero attached hydrogens (tertiary/aromatic N) is 1. The van der Waals surface area contributed by atoms with Crippen LogP contribution in [-0.4, -0.2) is 29.1 Å². The number of carboxylic acid groups (broad SMARTS) is 1. The third-order valence-corrected chi connectivity index (χ3v) is 3.43. The molecule has 0 aromatic heterocycles. The van der Waals surface area contributed by atoms with Gasteiger partial charge in [-0.05, 0) is 37.1 Å². The molecule has 18 heavy (non-hydrogen) atoms. The van der Waals surface area contributed by atoms with Crippen LogP contribution in [0, 0.1) is 0 Å². The van der Waals surface area contributed by atoms with Crippen LogP contribution in [0.4, 0.5) is 0 Å². The van der Waals surface area contributed by atoms with E-state index in [-0.39, 0.29) is 0 Å². The summed E-state index contributed by atoms with van der Waals surface area (Å²) >= 11 is 0. The SMILES string of the molecule is NC(C(=O)O)c1cccc(CN2CCCCC2)c1. The first-order valence-electron chi connectivity index (χ1n) is 6.46. The van der Waals surface area contributed by atoms with E-state index < -0.39 is 12.0 Å². The molecule has 2 rings (SSSR count). The summed E-state index contributed by atoms with van der Waals surface area (Å²) in [4.78, 5) is 13.3. The lowest BCUT2D eigenvalue weighted by Crippen LogP contribution is -2.29. The number of nitrogens with two attached hydrogens (primary N) is 1. The van der Waals surface area contributed by atoms with Gasteiger partial charge in [0, 0.05) is 6.54 Å².